The molecule has 0 amide bonds. The molecule has 2 aliphatic heterocycles. The largest absolute Gasteiger partial charge is 0.497 e. The van der Waals surface area contributed by atoms with Crippen molar-refractivity contribution in [2.24, 2.45) is 0 Å². The Morgan fingerprint density at radius 1 is 0.341 bits per heavy atom. The fourth-order valence-electron chi connectivity index (χ4n) is 13.8. The Morgan fingerprint density at radius 3 is 1.08 bits per heavy atom. The van der Waals surface area contributed by atoms with Gasteiger partial charge in [-0.1, -0.05) is 75.2 Å². The topological polar surface area (TPSA) is 152 Å². The number of H-pyrrole nitrogens is 4. The maximum Gasteiger partial charge on any atom is 0.119 e. The Kier molecular flexibility index (Phi) is 12.6. The van der Waals surface area contributed by atoms with Crippen molar-refractivity contribution in [3.05, 3.63) is 179 Å². The number of aromatic amines is 4. The molecule has 0 unspecified atom stereocenters. The maximum absolute atomic E-state index is 5.96. The average molecular weight is 1150 g/mol. The van der Waals surface area contributed by atoms with E-state index in [4.69, 9.17) is 38.9 Å². The highest BCUT2D eigenvalue weighted by molar-refractivity contribution is 6.39. The summed E-state index contributed by atoms with van der Waals surface area (Å²) in [5, 5.41) is 5.80. The number of nitrogens with one attached hydrogen (secondary N) is 4. The van der Waals surface area contributed by atoms with Crippen LogP contribution in [0.1, 0.15) is 73.4 Å². The van der Waals surface area contributed by atoms with Crippen molar-refractivity contribution in [3.8, 4) is 67.5 Å². The molecule has 4 N–H and O–H groups in total. The summed E-state index contributed by atoms with van der Waals surface area (Å²) in [6.07, 6.45) is 14.4. The van der Waals surface area contributed by atoms with Gasteiger partial charge in [0.25, 0.3) is 0 Å². The molecule has 0 atom stereocenters. The van der Waals surface area contributed by atoms with Crippen LogP contribution in [0.2, 0.25) is 0 Å². The second kappa shape index (κ2) is 21.1. The Bertz CT molecular complexity index is 5110. The number of nitrogens with zero attached hydrogens (tertiary/aromatic N) is 4. The molecule has 88 heavy (non-hydrogen) atoms. The molecule has 12 nitrogen and oxygen atoms in total. The minimum atomic E-state index is 0.747. The van der Waals surface area contributed by atoms with Gasteiger partial charge in [0.2, 0.25) is 0 Å². The minimum Gasteiger partial charge on any atom is -0.497 e. The predicted octanol–water partition coefficient (Wildman–Crippen LogP) is 19.0. The molecular weight excluding hydrogens is 1090 g/mol. The van der Waals surface area contributed by atoms with Gasteiger partial charge in [0.05, 0.1) is 84.3 Å². The van der Waals surface area contributed by atoms with Crippen LogP contribution in [0.4, 0.5) is 0 Å². The van der Waals surface area contributed by atoms with Gasteiger partial charge in [-0.25, -0.2) is 19.9 Å². The molecule has 10 heterocycles. The number of hydrogen-bond donors (Lipinski definition) is 4. The molecule has 0 radical (unpaired) electrons. The van der Waals surface area contributed by atoms with Crippen molar-refractivity contribution in [1.29, 1.82) is 0 Å². The molecule has 0 fully saturated rings. The number of aryl methyl sites for hydroxylation is 2. The van der Waals surface area contributed by atoms with Gasteiger partial charge in [0.15, 0.2) is 0 Å². The lowest BCUT2D eigenvalue weighted by Crippen LogP contribution is -1.92. The van der Waals surface area contributed by atoms with Crippen molar-refractivity contribution >= 4 is 123 Å². The van der Waals surface area contributed by atoms with Crippen LogP contribution in [0.5, 0.6) is 23.0 Å². The lowest BCUT2D eigenvalue weighted by molar-refractivity contribution is 0.415. The van der Waals surface area contributed by atoms with Crippen LogP contribution in [0, 0.1) is 0 Å². The monoisotopic (exact) mass is 1150 g/mol. The zero-order chi connectivity index (χ0) is 59.3. The maximum atomic E-state index is 5.96. The highest BCUT2D eigenvalue weighted by atomic mass is 16.5. The number of unbranched alkanes of at least 4 members (excludes halogenated alkanes) is 2. The van der Waals surface area contributed by atoms with Gasteiger partial charge in [-0.15, -0.1) is 0 Å². The lowest BCUT2D eigenvalue weighted by Gasteiger charge is -2.08. The summed E-state index contributed by atoms with van der Waals surface area (Å²) >= 11 is 0. The van der Waals surface area contributed by atoms with Gasteiger partial charge >= 0.3 is 0 Å². The molecule has 14 aromatic rings. The van der Waals surface area contributed by atoms with E-state index >= 15 is 0 Å². The van der Waals surface area contributed by atoms with Crippen molar-refractivity contribution < 1.29 is 18.9 Å². The second-order valence-corrected chi connectivity index (χ2v) is 23.1. The number of ether oxygens (including phenoxy) is 4. The molecule has 16 rings (SSSR count). The third-order valence-corrected chi connectivity index (χ3v) is 18.0. The van der Waals surface area contributed by atoms with Crippen LogP contribution >= 0.6 is 0 Å². The van der Waals surface area contributed by atoms with E-state index in [1.54, 1.807) is 28.4 Å². The van der Waals surface area contributed by atoms with Crippen LogP contribution in [0.15, 0.2) is 146 Å². The Morgan fingerprint density at radius 2 is 0.705 bits per heavy atom. The highest BCUT2D eigenvalue weighted by Gasteiger charge is 2.27. The van der Waals surface area contributed by atoms with Crippen molar-refractivity contribution in [2.75, 3.05) is 28.4 Å². The van der Waals surface area contributed by atoms with Gasteiger partial charge in [-0.2, -0.15) is 0 Å². The molecule has 12 heteroatoms. The summed E-state index contributed by atoms with van der Waals surface area (Å²) in [7, 11) is 6.87. The number of rotatable bonds is 14. The standard InChI is InChI=1S/C76H62N8O4/c1-7-9-23-49-55-25-29-59(77-55)67(41-15-11-19-45(33-41)85-3)63-37-51-53-39-65-69(43-17-13-21-47(35-43)87-5)61-31-27-57(79-61)50(24-10-8-2)58-28-32-62(80-58)70(44-18-14-22-48(36-44)88-6)66-40-54-52-38-64(68(60-30-26-56(49)78-60)42-16-12-20-46(34-42)86-4)82-74(52)71(73(51)81-63)72(75(53)83-65)76(54)84-66/h11-22,25-40,77,80,82-83H,7-10,23-24H2,1-6H3. The smallest absolute Gasteiger partial charge is 0.119 e. The molecule has 2 aliphatic rings. The van der Waals surface area contributed by atoms with Crippen molar-refractivity contribution in [1.82, 2.24) is 39.9 Å². The zero-order valence-corrected chi connectivity index (χ0v) is 49.8. The Labute approximate surface area is 506 Å². The van der Waals surface area contributed by atoms with Gasteiger partial charge < -0.3 is 38.9 Å². The van der Waals surface area contributed by atoms with Crippen molar-refractivity contribution in [3.63, 3.8) is 0 Å². The number of methoxy groups -OCH3 is 4. The van der Waals surface area contributed by atoms with E-state index < -0.39 is 0 Å². The van der Waals surface area contributed by atoms with E-state index in [1.807, 2.05) is 24.3 Å². The van der Waals surface area contributed by atoms with Gasteiger partial charge in [0, 0.05) is 98.8 Å². The first-order valence-electron chi connectivity index (χ1n) is 30.3. The SMILES string of the molecule is CCCCc1c2nc(c(-c3cccc(OC)c3)c3cc4c5cc6nc5c5c7[nH]c(cc7c7cc(nc7c5c4[nH]3)c(-c3cccc(OC)c3)c3ccc1[nH]3)c(-c1cccc(OC)c1)c1nc(c(CCCC)c3ccc([nH]3)c6-c3cccc(OC)c3)C=C1)C=C2. The third-order valence-electron chi connectivity index (χ3n) is 18.0. The Balaban J connectivity index is 1.19. The quantitative estimate of drug-likeness (QED) is 0.0840. The fraction of sp³-hybridized carbons (Fsp3) is 0.158. The van der Waals surface area contributed by atoms with Crippen LogP contribution in [-0.2, 0) is 12.8 Å². The minimum absolute atomic E-state index is 0.747. The number of fused-ring (bicyclic) bond motifs is 14. The molecule has 8 aromatic heterocycles. The normalized spacial score (nSPS) is 12.4. The zero-order valence-electron chi connectivity index (χ0n) is 49.8. The molecule has 0 saturated heterocycles. The highest BCUT2D eigenvalue weighted by Crippen LogP contribution is 2.49. The predicted molar refractivity (Wildman–Crippen MR) is 362 cm³/mol. The first kappa shape index (κ1) is 52.8. The summed E-state index contributed by atoms with van der Waals surface area (Å²) in [6, 6.07) is 51.2. The first-order chi connectivity index (χ1) is 43.3. The van der Waals surface area contributed by atoms with Crippen LogP contribution in [-0.4, -0.2) is 68.3 Å². The summed E-state index contributed by atoms with van der Waals surface area (Å²) in [5.41, 5.74) is 24.1. The fourth-order valence-corrected chi connectivity index (χ4v) is 13.8. The van der Waals surface area contributed by atoms with Gasteiger partial charge in [-0.3, -0.25) is 0 Å². The third kappa shape index (κ3) is 8.48. The molecular formula is C76H62N8O4. The van der Waals surface area contributed by atoms with E-state index in [0.717, 1.165) is 238 Å². The molecule has 6 aromatic carbocycles. The second-order valence-electron chi connectivity index (χ2n) is 23.1. The van der Waals surface area contributed by atoms with Crippen LogP contribution in [0.3, 0.4) is 0 Å². The van der Waals surface area contributed by atoms with Crippen LogP contribution in [0.25, 0.3) is 167 Å². The van der Waals surface area contributed by atoms with Crippen molar-refractivity contribution in [2.45, 2.75) is 52.4 Å². The van der Waals surface area contributed by atoms with Gasteiger partial charge in [0.1, 0.15) is 23.0 Å². The van der Waals surface area contributed by atoms with E-state index in [0.29, 0.717) is 0 Å². The number of hydrogen-bond acceptors (Lipinski definition) is 8. The van der Waals surface area contributed by atoms with E-state index in [1.165, 1.54) is 0 Å². The summed E-state index contributed by atoms with van der Waals surface area (Å²) in [4.78, 5) is 39.4. The van der Waals surface area contributed by atoms with E-state index in [-0.39, 0.29) is 0 Å². The molecule has 430 valence electrons. The number of benzene rings is 6. The molecule has 0 aliphatic carbocycles. The summed E-state index contributed by atoms with van der Waals surface area (Å²) in [5.74, 6) is 2.99. The first-order valence-corrected chi connectivity index (χ1v) is 30.3. The number of aromatic nitrogens is 8. The molecule has 0 saturated carbocycles. The molecule has 16 bridgehead atoms. The lowest BCUT2D eigenvalue weighted by atomic mass is 9.97. The molecule has 0 spiro atoms. The summed E-state index contributed by atoms with van der Waals surface area (Å²) in [6.45, 7) is 4.48. The van der Waals surface area contributed by atoms with E-state index in [9.17, 15) is 0 Å². The average Bonchev–Trinajstić information content (AvgIpc) is 1.53. The Hall–Kier alpha value is -10.7. The van der Waals surface area contributed by atoms with Crippen LogP contribution < -0.4 is 18.9 Å². The van der Waals surface area contributed by atoms with Gasteiger partial charge in [-0.05, 0) is 169 Å². The van der Waals surface area contributed by atoms with E-state index in [2.05, 4.69) is 179 Å². The summed E-state index contributed by atoms with van der Waals surface area (Å²) < 4.78 is 23.8.